The second-order valence-corrected chi connectivity index (χ2v) is 7.76. The van der Waals surface area contributed by atoms with E-state index in [1.54, 1.807) is 11.3 Å². The number of hydrogen-bond donors (Lipinski definition) is 2. The Morgan fingerprint density at radius 2 is 1.95 bits per heavy atom. The summed E-state index contributed by atoms with van der Waals surface area (Å²) in [5.74, 6) is 0.00968. The van der Waals surface area contributed by atoms with Gasteiger partial charge in [0, 0.05) is 9.75 Å². The zero-order valence-electron chi connectivity index (χ0n) is 12.8. The number of thiophene rings is 1. The van der Waals surface area contributed by atoms with E-state index in [4.69, 9.17) is 18.0 Å². The highest BCUT2D eigenvalue weighted by Crippen LogP contribution is 2.36. The Bertz CT molecular complexity index is 516. The summed E-state index contributed by atoms with van der Waals surface area (Å²) in [6.45, 7) is 4.09. The van der Waals surface area contributed by atoms with Crippen molar-refractivity contribution in [3.8, 4) is 0 Å². The van der Waals surface area contributed by atoms with Gasteiger partial charge >= 0.3 is 0 Å². The van der Waals surface area contributed by atoms with Crippen molar-refractivity contribution in [2.75, 3.05) is 0 Å². The number of rotatable bonds is 4. The van der Waals surface area contributed by atoms with E-state index >= 15 is 0 Å². The lowest BCUT2D eigenvalue weighted by Crippen LogP contribution is -2.49. The van der Waals surface area contributed by atoms with Gasteiger partial charge in [-0.15, -0.1) is 11.3 Å². The first-order chi connectivity index (χ1) is 9.95. The second-order valence-electron chi connectivity index (χ2n) is 6.00. The normalized spacial score (nSPS) is 19.5. The van der Waals surface area contributed by atoms with Gasteiger partial charge in [-0.1, -0.05) is 37.9 Å². The zero-order valence-corrected chi connectivity index (χ0v) is 14.4. The van der Waals surface area contributed by atoms with Crippen molar-refractivity contribution in [2.45, 2.75) is 58.4 Å². The molecule has 0 spiro atoms. The molecule has 1 atom stereocenters. The molecule has 0 aliphatic heterocycles. The molecular weight excluding hydrogens is 300 g/mol. The van der Waals surface area contributed by atoms with Gasteiger partial charge in [0.1, 0.15) is 0 Å². The van der Waals surface area contributed by atoms with Crippen LogP contribution in [0.1, 0.15) is 61.2 Å². The molecule has 1 aromatic rings. The molecule has 1 unspecified atom stereocenters. The molecule has 1 fully saturated rings. The fourth-order valence-electron chi connectivity index (χ4n) is 3.01. The summed E-state index contributed by atoms with van der Waals surface area (Å²) in [7, 11) is 0. The predicted octanol–water partition coefficient (Wildman–Crippen LogP) is 3.86. The Morgan fingerprint density at radius 3 is 2.43 bits per heavy atom. The maximum absolute atomic E-state index is 12.8. The average molecular weight is 325 g/mol. The van der Waals surface area contributed by atoms with Gasteiger partial charge in [-0.2, -0.15) is 0 Å². The standard InChI is InChI=1S/C16H24N2OS2/c1-11-7-8-13(21-11)12(2)18-15(19)16(14(17)20)9-5-3-4-6-10-16/h7-8,12H,3-6,9-10H2,1-2H3,(H2,17,20)(H,18,19). The van der Waals surface area contributed by atoms with Crippen molar-refractivity contribution < 1.29 is 4.79 Å². The summed E-state index contributed by atoms with van der Waals surface area (Å²) in [5, 5.41) is 3.13. The first-order valence-corrected chi connectivity index (χ1v) is 8.85. The largest absolute Gasteiger partial charge is 0.392 e. The highest BCUT2D eigenvalue weighted by molar-refractivity contribution is 7.80. The Hall–Kier alpha value is -0.940. The summed E-state index contributed by atoms with van der Waals surface area (Å²) in [6, 6.07) is 4.16. The third-order valence-corrected chi connectivity index (χ3v) is 5.97. The highest BCUT2D eigenvalue weighted by atomic mass is 32.1. The van der Waals surface area contributed by atoms with Gasteiger partial charge in [-0.25, -0.2) is 0 Å². The highest BCUT2D eigenvalue weighted by Gasteiger charge is 2.41. The molecule has 2 rings (SSSR count). The molecule has 1 amide bonds. The molecule has 1 aliphatic rings. The summed E-state index contributed by atoms with van der Waals surface area (Å²) in [5.41, 5.74) is 5.32. The molecule has 21 heavy (non-hydrogen) atoms. The lowest BCUT2D eigenvalue weighted by Gasteiger charge is -2.31. The minimum atomic E-state index is -0.646. The van der Waals surface area contributed by atoms with E-state index in [-0.39, 0.29) is 11.9 Å². The number of carbonyl (C=O) groups excluding carboxylic acids is 1. The van der Waals surface area contributed by atoms with Crippen molar-refractivity contribution in [1.29, 1.82) is 0 Å². The molecule has 1 heterocycles. The average Bonchev–Trinajstić information content (AvgIpc) is 2.73. The zero-order chi connectivity index (χ0) is 15.5. The molecule has 1 saturated carbocycles. The second kappa shape index (κ2) is 6.88. The number of thiocarbonyl (C=S) groups is 1. The SMILES string of the molecule is Cc1ccc(C(C)NC(=O)C2(C(N)=S)CCCCCC2)s1. The first kappa shape index (κ1) is 16.4. The van der Waals surface area contributed by atoms with Gasteiger partial charge in [0.25, 0.3) is 0 Å². The molecule has 0 radical (unpaired) electrons. The Kier molecular flexibility index (Phi) is 5.38. The molecule has 116 valence electrons. The van der Waals surface area contributed by atoms with Gasteiger partial charge in [0.05, 0.1) is 16.4 Å². The van der Waals surface area contributed by atoms with Gasteiger partial charge in [-0.05, 0) is 38.8 Å². The van der Waals surface area contributed by atoms with Crippen LogP contribution in [0.3, 0.4) is 0 Å². The number of nitrogens with one attached hydrogen (secondary N) is 1. The maximum Gasteiger partial charge on any atom is 0.233 e. The van der Waals surface area contributed by atoms with E-state index in [9.17, 15) is 4.79 Å². The third kappa shape index (κ3) is 3.64. The number of aryl methyl sites for hydroxylation is 1. The van der Waals surface area contributed by atoms with Gasteiger partial charge < -0.3 is 11.1 Å². The molecule has 0 bridgehead atoms. The molecule has 0 aromatic carbocycles. The lowest BCUT2D eigenvalue weighted by atomic mass is 9.79. The van der Waals surface area contributed by atoms with Crippen LogP contribution in [-0.2, 0) is 4.79 Å². The van der Waals surface area contributed by atoms with Crippen molar-refractivity contribution in [3.05, 3.63) is 21.9 Å². The number of carbonyl (C=O) groups is 1. The van der Waals surface area contributed by atoms with Gasteiger partial charge in [0.15, 0.2) is 0 Å². The van der Waals surface area contributed by atoms with E-state index in [1.807, 2.05) is 6.92 Å². The van der Waals surface area contributed by atoms with E-state index in [2.05, 4.69) is 24.4 Å². The molecule has 1 aromatic heterocycles. The third-order valence-electron chi connectivity index (χ3n) is 4.40. The van der Waals surface area contributed by atoms with Crippen LogP contribution in [0.25, 0.3) is 0 Å². The number of amides is 1. The molecule has 5 heteroatoms. The van der Waals surface area contributed by atoms with Crippen molar-refractivity contribution in [3.63, 3.8) is 0 Å². The maximum atomic E-state index is 12.8. The Labute approximate surface area is 136 Å². The quantitative estimate of drug-likeness (QED) is 0.653. The minimum absolute atomic E-state index is 0.00526. The first-order valence-electron chi connectivity index (χ1n) is 7.63. The van der Waals surface area contributed by atoms with Crippen LogP contribution in [0.5, 0.6) is 0 Å². The Balaban J connectivity index is 2.13. The van der Waals surface area contributed by atoms with Crippen LogP contribution in [0.4, 0.5) is 0 Å². The number of nitrogens with two attached hydrogens (primary N) is 1. The van der Waals surface area contributed by atoms with Gasteiger partial charge in [0.2, 0.25) is 5.91 Å². The van der Waals surface area contributed by atoms with E-state index in [1.165, 1.54) is 9.75 Å². The fourth-order valence-corrected chi connectivity index (χ4v) is 4.19. The minimum Gasteiger partial charge on any atom is -0.392 e. The fraction of sp³-hybridized carbons (Fsp3) is 0.625. The molecule has 3 N–H and O–H groups in total. The monoisotopic (exact) mass is 324 g/mol. The molecular formula is C16H24N2OS2. The van der Waals surface area contributed by atoms with Crippen LogP contribution < -0.4 is 11.1 Å². The van der Waals surface area contributed by atoms with Crippen molar-refractivity contribution in [2.24, 2.45) is 11.1 Å². The molecule has 3 nitrogen and oxygen atoms in total. The molecule has 1 aliphatic carbocycles. The Morgan fingerprint density at radius 1 is 1.33 bits per heavy atom. The van der Waals surface area contributed by atoms with Crippen LogP contribution in [0.2, 0.25) is 0 Å². The van der Waals surface area contributed by atoms with Crippen molar-refractivity contribution >= 4 is 34.5 Å². The predicted molar refractivity (Wildman–Crippen MR) is 92.5 cm³/mol. The smallest absolute Gasteiger partial charge is 0.233 e. The topological polar surface area (TPSA) is 55.1 Å². The van der Waals surface area contributed by atoms with Crippen LogP contribution in [0.15, 0.2) is 12.1 Å². The van der Waals surface area contributed by atoms with E-state index in [0.717, 1.165) is 38.5 Å². The summed E-state index contributed by atoms with van der Waals surface area (Å²) < 4.78 is 0. The van der Waals surface area contributed by atoms with Crippen LogP contribution in [0, 0.1) is 12.3 Å². The summed E-state index contributed by atoms with van der Waals surface area (Å²) in [6.07, 6.45) is 5.94. The van der Waals surface area contributed by atoms with Gasteiger partial charge in [-0.3, -0.25) is 4.79 Å². The summed E-state index contributed by atoms with van der Waals surface area (Å²) in [4.78, 5) is 15.6. The van der Waals surface area contributed by atoms with Crippen LogP contribution >= 0.6 is 23.6 Å². The van der Waals surface area contributed by atoms with E-state index in [0.29, 0.717) is 4.99 Å². The van der Waals surface area contributed by atoms with Crippen LogP contribution in [-0.4, -0.2) is 10.9 Å². The van der Waals surface area contributed by atoms with Crippen molar-refractivity contribution in [1.82, 2.24) is 5.32 Å². The van der Waals surface area contributed by atoms with E-state index < -0.39 is 5.41 Å². The lowest BCUT2D eigenvalue weighted by molar-refractivity contribution is -0.128. The molecule has 0 saturated heterocycles. The summed E-state index contributed by atoms with van der Waals surface area (Å²) >= 11 is 6.97. The number of hydrogen-bond acceptors (Lipinski definition) is 3.